The lowest BCUT2D eigenvalue weighted by Gasteiger charge is -2.16. The molecule has 1 rings (SSSR count). The minimum absolute atomic E-state index is 0.0661. The number of benzene rings is 1. The van der Waals surface area contributed by atoms with Gasteiger partial charge in [0.2, 0.25) is 10.0 Å². The van der Waals surface area contributed by atoms with Crippen LogP contribution in [0.25, 0.3) is 0 Å². The van der Waals surface area contributed by atoms with E-state index in [1.54, 1.807) is 0 Å². The third kappa shape index (κ3) is 3.71. The highest BCUT2D eigenvalue weighted by molar-refractivity contribution is 8.13. The number of rotatable bonds is 4. The van der Waals surface area contributed by atoms with Crippen molar-refractivity contribution in [3.05, 3.63) is 21.7 Å². The Morgan fingerprint density at radius 2 is 1.65 bits per heavy atom. The highest BCUT2D eigenvalue weighted by Crippen LogP contribution is 2.38. The van der Waals surface area contributed by atoms with Crippen molar-refractivity contribution >= 4 is 58.6 Å². The van der Waals surface area contributed by atoms with E-state index >= 15 is 0 Å². The van der Waals surface area contributed by atoms with Gasteiger partial charge in [-0.1, -0.05) is 23.2 Å². The molecule has 0 heterocycles. The third-order valence-corrected chi connectivity index (χ3v) is 6.49. The summed E-state index contributed by atoms with van der Waals surface area (Å²) >= 11 is 11.9. The van der Waals surface area contributed by atoms with Crippen molar-refractivity contribution in [3.8, 4) is 0 Å². The summed E-state index contributed by atoms with van der Waals surface area (Å²) in [5, 5.41) is -0.962. The Bertz CT molecular complexity index is 742. The average molecular weight is 381 g/mol. The molecule has 20 heavy (non-hydrogen) atoms. The highest BCUT2D eigenvalue weighted by atomic mass is 35.7. The van der Waals surface area contributed by atoms with Crippen molar-refractivity contribution in [3.63, 3.8) is 0 Å². The quantitative estimate of drug-likeness (QED) is 0.812. The Balaban J connectivity index is 3.51. The molecule has 0 unspecified atom stereocenters. The number of anilines is 1. The van der Waals surface area contributed by atoms with Gasteiger partial charge in [0.1, 0.15) is 0 Å². The first-order valence-corrected chi connectivity index (χ1v) is 9.94. The fourth-order valence-corrected chi connectivity index (χ4v) is 4.03. The van der Waals surface area contributed by atoms with Crippen LogP contribution in [0.1, 0.15) is 19.4 Å². The number of nitrogens with one attached hydrogen (secondary N) is 1. The van der Waals surface area contributed by atoms with Gasteiger partial charge in [-0.2, -0.15) is 0 Å². The molecule has 1 aromatic carbocycles. The lowest BCUT2D eigenvalue weighted by molar-refractivity contribution is 0.592. The van der Waals surface area contributed by atoms with E-state index in [4.69, 9.17) is 33.9 Å². The Labute approximate surface area is 132 Å². The van der Waals surface area contributed by atoms with E-state index in [-0.39, 0.29) is 26.2 Å². The smallest absolute Gasteiger partial charge is 0.261 e. The summed E-state index contributed by atoms with van der Waals surface area (Å²) in [6.45, 7) is 4.37. The van der Waals surface area contributed by atoms with Gasteiger partial charge in [-0.25, -0.2) is 16.8 Å². The second kappa shape index (κ2) is 5.88. The molecular weight excluding hydrogens is 369 g/mol. The number of hydrogen-bond acceptors (Lipinski definition) is 4. The van der Waals surface area contributed by atoms with Crippen LogP contribution >= 0.6 is 33.9 Å². The minimum atomic E-state index is -4.03. The molecule has 0 fully saturated rings. The summed E-state index contributed by atoms with van der Waals surface area (Å²) < 4.78 is 48.6. The predicted octanol–water partition coefficient (Wildman–Crippen LogP) is 3.38. The van der Waals surface area contributed by atoms with Crippen molar-refractivity contribution in [1.82, 2.24) is 0 Å². The molecule has 0 radical (unpaired) electrons. The molecule has 0 aliphatic rings. The molecule has 0 saturated carbocycles. The molecular formula is C10H12Cl3NO4S2. The fourth-order valence-electron chi connectivity index (χ4n) is 1.30. The van der Waals surface area contributed by atoms with Gasteiger partial charge in [-0.05, 0) is 32.4 Å². The Morgan fingerprint density at radius 3 is 2.05 bits per heavy atom. The zero-order valence-corrected chi connectivity index (χ0v) is 14.6. The first-order chi connectivity index (χ1) is 8.88. The maximum atomic E-state index is 11.8. The summed E-state index contributed by atoms with van der Waals surface area (Å²) in [6.07, 6.45) is 0. The van der Waals surface area contributed by atoms with Crippen molar-refractivity contribution in [2.45, 2.75) is 30.9 Å². The summed E-state index contributed by atoms with van der Waals surface area (Å²) in [7, 11) is -2.43. The van der Waals surface area contributed by atoms with Gasteiger partial charge in [0, 0.05) is 10.7 Å². The van der Waals surface area contributed by atoms with Crippen LogP contribution in [0, 0.1) is 6.92 Å². The number of sulfonamides is 1. The van der Waals surface area contributed by atoms with Crippen LogP contribution in [0.2, 0.25) is 10.0 Å². The second-order valence-corrected chi connectivity index (χ2v) is 9.86. The van der Waals surface area contributed by atoms with Crippen molar-refractivity contribution in [2.24, 2.45) is 0 Å². The Morgan fingerprint density at radius 1 is 1.15 bits per heavy atom. The van der Waals surface area contributed by atoms with Gasteiger partial charge >= 0.3 is 0 Å². The maximum absolute atomic E-state index is 11.8. The monoisotopic (exact) mass is 379 g/mol. The van der Waals surface area contributed by atoms with E-state index in [1.807, 2.05) is 0 Å². The molecule has 0 atom stereocenters. The summed E-state index contributed by atoms with van der Waals surface area (Å²) in [6, 6.07) is 1.06. The van der Waals surface area contributed by atoms with Crippen molar-refractivity contribution in [1.29, 1.82) is 0 Å². The molecule has 0 amide bonds. The van der Waals surface area contributed by atoms with Crippen LogP contribution in [0.15, 0.2) is 11.0 Å². The standard InChI is InChI=1S/C10H12Cl3NO4S2/c1-5(2)20(17,18)14-10-7(11)4-8(19(13,15)16)6(3)9(10)12/h4-5,14H,1-3H3. The van der Waals surface area contributed by atoms with Gasteiger partial charge in [0.15, 0.2) is 0 Å². The van der Waals surface area contributed by atoms with Crippen LogP contribution < -0.4 is 4.72 Å². The summed E-state index contributed by atoms with van der Waals surface area (Å²) in [5.41, 5.74) is 0.0520. The van der Waals surface area contributed by atoms with E-state index in [2.05, 4.69) is 4.72 Å². The molecule has 0 bridgehead atoms. The fraction of sp³-hybridized carbons (Fsp3) is 0.400. The molecule has 1 aromatic rings. The van der Waals surface area contributed by atoms with Crippen LogP contribution in [0.4, 0.5) is 5.69 Å². The van der Waals surface area contributed by atoms with Crippen molar-refractivity contribution in [2.75, 3.05) is 4.72 Å². The molecule has 0 saturated heterocycles. The first kappa shape index (κ1) is 17.8. The Hall–Kier alpha value is -0.210. The summed E-state index contributed by atoms with van der Waals surface area (Å²) in [5.74, 6) is 0. The van der Waals surface area contributed by atoms with Crippen LogP contribution in [0.3, 0.4) is 0 Å². The lowest BCUT2D eigenvalue weighted by atomic mass is 10.2. The molecule has 0 aromatic heterocycles. The SMILES string of the molecule is Cc1c(S(=O)(=O)Cl)cc(Cl)c(NS(=O)(=O)C(C)C)c1Cl. The van der Waals surface area contributed by atoms with Gasteiger partial charge in [-0.3, -0.25) is 4.72 Å². The van der Waals surface area contributed by atoms with Crippen LogP contribution in [-0.4, -0.2) is 22.1 Å². The van der Waals surface area contributed by atoms with Gasteiger partial charge in [0.05, 0.1) is 25.9 Å². The maximum Gasteiger partial charge on any atom is 0.261 e. The zero-order chi connectivity index (χ0) is 15.9. The zero-order valence-electron chi connectivity index (χ0n) is 10.7. The van der Waals surface area contributed by atoms with Crippen LogP contribution in [0.5, 0.6) is 0 Å². The molecule has 10 heteroatoms. The largest absolute Gasteiger partial charge is 0.280 e. The molecule has 0 spiro atoms. The van der Waals surface area contributed by atoms with E-state index < -0.39 is 24.3 Å². The minimum Gasteiger partial charge on any atom is -0.280 e. The predicted molar refractivity (Wildman–Crippen MR) is 81.9 cm³/mol. The topological polar surface area (TPSA) is 80.3 Å². The molecule has 114 valence electrons. The van der Waals surface area contributed by atoms with Crippen LogP contribution in [-0.2, 0) is 19.1 Å². The lowest BCUT2D eigenvalue weighted by Crippen LogP contribution is -2.23. The van der Waals surface area contributed by atoms with E-state index in [9.17, 15) is 16.8 Å². The molecule has 0 aliphatic carbocycles. The number of halogens is 3. The highest BCUT2D eigenvalue weighted by Gasteiger charge is 2.24. The molecule has 1 N–H and O–H groups in total. The van der Waals surface area contributed by atoms with E-state index in [1.165, 1.54) is 20.8 Å². The summed E-state index contributed by atoms with van der Waals surface area (Å²) in [4.78, 5) is -0.262. The molecule has 5 nitrogen and oxygen atoms in total. The van der Waals surface area contributed by atoms with Gasteiger partial charge in [0.25, 0.3) is 9.05 Å². The van der Waals surface area contributed by atoms with Gasteiger partial charge < -0.3 is 0 Å². The number of hydrogen-bond donors (Lipinski definition) is 1. The second-order valence-electron chi connectivity index (χ2n) is 4.30. The van der Waals surface area contributed by atoms with E-state index in [0.29, 0.717) is 0 Å². The molecule has 0 aliphatic heterocycles. The first-order valence-electron chi connectivity index (χ1n) is 5.32. The Kier molecular flexibility index (Phi) is 5.25. The van der Waals surface area contributed by atoms with E-state index in [0.717, 1.165) is 6.07 Å². The van der Waals surface area contributed by atoms with Gasteiger partial charge in [-0.15, -0.1) is 0 Å². The third-order valence-electron chi connectivity index (χ3n) is 2.54. The average Bonchev–Trinajstić information content (AvgIpc) is 2.27. The normalized spacial score (nSPS) is 12.8. The van der Waals surface area contributed by atoms with Crippen molar-refractivity contribution < 1.29 is 16.8 Å².